The van der Waals surface area contributed by atoms with Crippen LogP contribution in [0.3, 0.4) is 0 Å². The maximum atomic E-state index is 6.41. The monoisotopic (exact) mass is 651 g/mol. The molecule has 238 valence electrons. The Morgan fingerprint density at radius 3 is 1.51 bits per heavy atom. The Morgan fingerprint density at radius 1 is 0.333 bits per heavy atom. The van der Waals surface area contributed by atoms with Gasteiger partial charge < -0.3 is 4.42 Å². The summed E-state index contributed by atoms with van der Waals surface area (Å²) in [7, 11) is 0. The highest BCUT2D eigenvalue weighted by Gasteiger charge is 2.21. The number of nitrogens with zero attached hydrogens (tertiary/aromatic N) is 3. The second kappa shape index (κ2) is 11.9. The van der Waals surface area contributed by atoms with E-state index in [1.54, 1.807) is 0 Å². The Kier molecular flexibility index (Phi) is 6.78. The lowest BCUT2D eigenvalue weighted by Crippen LogP contribution is -2.01. The van der Waals surface area contributed by atoms with E-state index >= 15 is 0 Å². The smallest absolute Gasteiger partial charge is 0.164 e. The summed E-state index contributed by atoms with van der Waals surface area (Å²) in [5.74, 6) is 1.85. The summed E-state index contributed by atoms with van der Waals surface area (Å²) in [4.78, 5) is 15.6. The van der Waals surface area contributed by atoms with Gasteiger partial charge in [-0.2, -0.15) is 0 Å². The van der Waals surface area contributed by atoms with Crippen molar-refractivity contribution in [3.8, 4) is 56.4 Å². The van der Waals surface area contributed by atoms with E-state index in [0.717, 1.165) is 66.1 Å². The Hall–Kier alpha value is -6.91. The molecule has 0 spiro atoms. The molecule has 0 N–H and O–H groups in total. The largest absolute Gasteiger partial charge is 0.456 e. The van der Waals surface area contributed by atoms with Crippen molar-refractivity contribution in [2.24, 2.45) is 0 Å². The second-order valence-electron chi connectivity index (χ2n) is 12.8. The minimum Gasteiger partial charge on any atom is -0.456 e. The standard InChI is InChI=1S/C47H29N3O/c1-2-10-30(11-3-1)33-18-22-34(23-19-33)43-40(26-27-42-44(43)39-16-8-9-17-41(39)51-42)47-49-45(37-24-20-31-12-4-6-14-35(31)28-37)48-46(50-47)38-25-21-32-13-5-7-15-36(32)29-38/h1-29H. The van der Waals surface area contributed by atoms with Crippen molar-refractivity contribution in [1.29, 1.82) is 0 Å². The molecule has 0 aliphatic carbocycles. The SMILES string of the molecule is c1ccc(-c2ccc(-c3c(-c4nc(-c5ccc6ccccc6c5)nc(-c5ccc6ccccc6c5)n4)ccc4oc5ccccc5c34)cc2)cc1. The summed E-state index contributed by atoms with van der Waals surface area (Å²) in [5, 5.41) is 6.70. The number of hydrogen-bond donors (Lipinski definition) is 0. The molecule has 51 heavy (non-hydrogen) atoms. The number of rotatable bonds is 5. The summed E-state index contributed by atoms with van der Waals surface area (Å²) in [6, 6.07) is 61.1. The van der Waals surface area contributed by atoms with E-state index in [4.69, 9.17) is 19.4 Å². The summed E-state index contributed by atoms with van der Waals surface area (Å²) < 4.78 is 6.41. The number of furan rings is 1. The van der Waals surface area contributed by atoms with Crippen LogP contribution in [0.1, 0.15) is 0 Å². The van der Waals surface area contributed by atoms with Gasteiger partial charge in [0.2, 0.25) is 0 Å². The third kappa shape index (κ3) is 5.13. The first-order chi connectivity index (χ1) is 25.2. The fraction of sp³-hybridized carbons (Fsp3) is 0. The van der Waals surface area contributed by atoms with Crippen LogP contribution in [0.4, 0.5) is 0 Å². The number of aromatic nitrogens is 3. The van der Waals surface area contributed by atoms with Crippen molar-refractivity contribution < 1.29 is 4.42 Å². The molecule has 0 atom stereocenters. The zero-order valence-corrected chi connectivity index (χ0v) is 27.5. The van der Waals surface area contributed by atoms with Crippen LogP contribution in [-0.4, -0.2) is 15.0 Å². The molecular formula is C47H29N3O. The zero-order valence-electron chi connectivity index (χ0n) is 27.5. The highest BCUT2D eigenvalue weighted by atomic mass is 16.3. The van der Waals surface area contributed by atoms with Crippen LogP contribution in [0.5, 0.6) is 0 Å². The van der Waals surface area contributed by atoms with Gasteiger partial charge in [-0.05, 0) is 68.6 Å². The van der Waals surface area contributed by atoms with E-state index in [0.29, 0.717) is 17.5 Å². The van der Waals surface area contributed by atoms with Gasteiger partial charge in [-0.15, -0.1) is 0 Å². The Balaban J connectivity index is 1.24. The highest BCUT2D eigenvalue weighted by Crippen LogP contribution is 2.43. The maximum Gasteiger partial charge on any atom is 0.164 e. The molecule has 10 aromatic rings. The third-order valence-electron chi connectivity index (χ3n) is 9.72. The molecule has 4 heteroatoms. The Bertz CT molecular complexity index is 2810. The molecular weight excluding hydrogens is 623 g/mol. The molecule has 0 unspecified atom stereocenters. The minimum absolute atomic E-state index is 0.602. The highest BCUT2D eigenvalue weighted by molar-refractivity contribution is 6.15. The van der Waals surface area contributed by atoms with Crippen molar-refractivity contribution >= 4 is 43.5 Å². The molecule has 0 fully saturated rings. The molecule has 10 rings (SSSR count). The van der Waals surface area contributed by atoms with E-state index in [1.807, 2.05) is 24.3 Å². The lowest BCUT2D eigenvalue weighted by atomic mass is 9.92. The van der Waals surface area contributed by atoms with Gasteiger partial charge in [0.25, 0.3) is 0 Å². The van der Waals surface area contributed by atoms with E-state index in [-0.39, 0.29) is 0 Å². The van der Waals surface area contributed by atoms with Gasteiger partial charge in [0.1, 0.15) is 11.2 Å². The molecule has 2 aromatic heterocycles. The first kappa shape index (κ1) is 29.0. The van der Waals surface area contributed by atoms with Gasteiger partial charge in [-0.1, -0.05) is 146 Å². The normalized spacial score (nSPS) is 11.5. The molecule has 2 heterocycles. The van der Waals surface area contributed by atoms with Gasteiger partial charge in [0, 0.05) is 33.0 Å². The summed E-state index contributed by atoms with van der Waals surface area (Å²) in [6.45, 7) is 0. The molecule has 4 nitrogen and oxygen atoms in total. The maximum absolute atomic E-state index is 6.41. The van der Waals surface area contributed by atoms with E-state index in [9.17, 15) is 0 Å². The van der Waals surface area contributed by atoms with Crippen LogP contribution < -0.4 is 0 Å². The van der Waals surface area contributed by atoms with Gasteiger partial charge in [-0.25, -0.2) is 15.0 Å². The Labute approximate surface area is 294 Å². The molecule has 0 bridgehead atoms. The van der Waals surface area contributed by atoms with Crippen molar-refractivity contribution in [1.82, 2.24) is 15.0 Å². The van der Waals surface area contributed by atoms with Crippen molar-refractivity contribution in [2.75, 3.05) is 0 Å². The van der Waals surface area contributed by atoms with Gasteiger partial charge in [0.15, 0.2) is 17.5 Å². The molecule has 0 aliphatic rings. The molecule has 0 saturated carbocycles. The van der Waals surface area contributed by atoms with Crippen LogP contribution in [-0.2, 0) is 0 Å². The predicted octanol–water partition coefficient (Wildman–Crippen LogP) is 12.4. The van der Waals surface area contributed by atoms with Crippen LogP contribution in [0, 0.1) is 0 Å². The van der Waals surface area contributed by atoms with Crippen LogP contribution in [0.15, 0.2) is 180 Å². The number of benzene rings is 8. The predicted molar refractivity (Wildman–Crippen MR) is 209 cm³/mol. The summed E-state index contributed by atoms with van der Waals surface area (Å²) >= 11 is 0. The number of fused-ring (bicyclic) bond motifs is 5. The van der Waals surface area contributed by atoms with Crippen LogP contribution in [0.2, 0.25) is 0 Å². The molecule has 0 radical (unpaired) electrons. The first-order valence-corrected chi connectivity index (χ1v) is 17.1. The number of hydrogen-bond acceptors (Lipinski definition) is 4. The third-order valence-corrected chi connectivity index (χ3v) is 9.72. The molecule has 8 aromatic carbocycles. The topological polar surface area (TPSA) is 51.8 Å². The zero-order chi connectivity index (χ0) is 33.7. The van der Waals surface area contributed by atoms with Gasteiger partial charge >= 0.3 is 0 Å². The Morgan fingerprint density at radius 2 is 0.843 bits per heavy atom. The van der Waals surface area contributed by atoms with Crippen LogP contribution in [0.25, 0.3) is 99.9 Å². The second-order valence-corrected chi connectivity index (χ2v) is 12.8. The lowest BCUT2D eigenvalue weighted by molar-refractivity contribution is 0.669. The average Bonchev–Trinajstić information content (AvgIpc) is 3.59. The quantitative estimate of drug-likeness (QED) is 0.186. The number of para-hydroxylation sites is 1. The molecule has 0 aliphatic heterocycles. The fourth-order valence-corrected chi connectivity index (χ4v) is 7.17. The fourth-order valence-electron chi connectivity index (χ4n) is 7.17. The van der Waals surface area contributed by atoms with Crippen molar-refractivity contribution in [3.05, 3.63) is 176 Å². The summed E-state index contributed by atoms with van der Waals surface area (Å²) in [6.07, 6.45) is 0. The van der Waals surface area contributed by atoms with Gasteiger partial charge in [-0.3, -0.25) is 0 Å². The molecule has 0 amide bonds. The van der Waals surface area contributed by atoms with Gasteiger partial charge in [0.05, 0.1) is 0 Å². The van der Waals surface area contributed by atoms with Crippen LogP contribution >= 0.6 is 0 Å². The lowest BCUT2D eigenvalue weighted by Gasteiger charge is -2.14. The van der Waals surface area contributed by atoms with E-state index < -0.39 is 0 Å². The molecule has 0 saturated heterocycles. The first-order valence-electron chi connectivity index (χ1n) is 17.1. The van der Waals surface area contributed by atoms with E-state index in [1.165, 1.54) is 16.3 Å². The van der Waals surface area contributed by atoms with Crippen molar-refractivity contribution in [3.63, 3.8) is 0 Å². The minimum atomic E-state index is 0.602. The summed E-state index contributed by atoms with van der Waals surface area (Å²) in [5.41, 5.74) is 8.85. The average molecular weight is 652 g/mol. The van der Waals surface area contributed by atoms with E-state index in [2.05, 4.69) is 152 Å². The van der Waals surface area contributed by atoms with Crippen molar-refractivity contribution in [2.45, 2.75) is 0 Å².